The van der Waals surface area contributed by atoms with Gasteiger partial charge in [-0.1, -0.05) is 0 Å². The minimum Gasteiger partial charge on any atom is -0.367 e. The predicted molar refractivity (Wildman–Crippen MR) is 41.9 cm³/mol. The molecule has 0 bridgehead atoms. The summed E-state index contributed by atoms with van der Waals surface area (Å²) in [7, 11) is -3.31. The molecule has 0 fully saturated rings. The van der Waals surface area contributed by atoms with E-state index >= 15 is 0 Å². The SMILES string of the molecule is Cn1cc(OS(N)(=O)=O)c(C(F)(F)F)n1. The second kappa shape index (κ2) is 3.38. The first-order chi connectivity index (χ1) is 6.59. The Morgan fingerprint density at radius 1 is 1.53 bits per heavy atom. The van der Waals surface area contributed by atoms with Gasteiger partial charge in [-0.25, -0.2) is 0 Å². The third-order valence-corrected chi connectivity index (χ3v) is 1.68. The average molecular weight is 245 g/mol. The van der Waals surface area contributed by atoms with E-state index in [2.05, 4.69) is 14.4 Å². The number of nitrogens with zero attached hydrogens (tertiary/aromatic N) is 2. The molecule has 0 radical (unpaired) electrons. The van der Waals surface area contributed by atoms with E-state index in [0.29, 0.717) is 0 Å². The number of aryl methyl sites for hydroxylation is 1. The first-order valence-corrected chi connectivity index (χ1v) is 4.90. The van der Waals surface area contributed by atoms with Crippen LogP contribution in [0.5, 0.6) is 5.75 Å². The van der Waals surface area contributed by atoms with Crippen LogP contribution in [0.2, 0.25) is 0 Å². The lowest BCUT2D eigenvalue weighted by atomic mass is 10.4. The Labute approximate surface area is 82.7 Å². The highest BCUT2D eigenvalue weighted by atomic mass is 32.2. The molecule has 1 heterocycles. The van der Waals surface area contributed by atoms with Gasteiger partial charge < -0.3 is 4.18 Å². The van der Waals surface area contributed by atoms with Crippen molar-refractivity contribution in [3.05, 3.63) is 11.9 Å². The number of aromatic nitrogens is 2. The number of halogens is 3. The Kier molecular flexibility index (Phi) is 2.65. The lowest BCUT2D eigenvalue weighted by Crippen LogP contribution is -2.20. The van der Waals surface area contributed by atoms with Crippen LogP contribution >= 0.6 is 0 Å². The van der Waals surface area contributed by atoms with E-state index in [1.165, 1.54) is 7.05 Å². The topological polar surface area (TPSA) is 87.2 Å². The van der Waals surface area contributed by atoms with Gasteiger partial charge in [0.2, 0.25) is 5.69 Å². The maximum Gasteiger partial charge on any atom is 0.438 e. The second-order valence-electron chi connectivity index (χ2n) is 2.59. The van der Waals surface area contributed by atoms with Gasteiger partial charge in [0.15, 0.2) is 5.75 Å². The third kappa shape index (κ3) is 3.09. The van der Waals surface area contributed by atoms with Crippen molar-refractivity contribution in [3.8, 4) is 5.75 Å². The smallest absolute Gasteiger partial charge is 0.367 e. The Balaban J connectivity index is 3.19. The largest absolute Gasteiger partial charge is 0.438 e. The molecule has 0 saturated carbocycles. The van der Waals surface area contributed by atoms with Crippen molar-refractivity contribution in [3.63, 3.8) is 0 Å². The van der Waals surface area contributed by atoms with E-state index < -0.39 is 27.9 Å². The van der Waals surface area contributed by atoms with E-state index in [-0.39, 0.29) is 0 Å². The van der Waals surface area contributed by atoms with Crippen molar-refractivity contribution in [1.29, 1.82) is 0 Å². The predicted octanol–water partition coefficient (Wildman–Crippen LogP) is 0.0212. The molecule has 1 aromatic rings. The molecule has 0 atom stereocenters. The van der Waals surface area contributed by atoms with Crippen molar-refractivity contribution in [2.45, 2.75) is 6.18 Å². The molecule has 10 heteroatoms. The van der Waals surface area contributed by atoms with Gasteiger partial charge in [-0.05, 0) is 0 Å². The van der Waals surface area contributed by atoms with Gasteiger partial charge in [-0.2, -0.15) is 31.8 Å². The van der Waals surface area contributed by atoms with Gasteiger partial charge in [0.1, 0.15) is 0 Å². The quantitative estimate of drug-likeness (QED) is 0.795. The molecule has 2 N–H and O–H groups in total. The fourth-order valence-electron chi connectivity index (χ4n) is 0.849. The number of hydrogen-bond donors (Lipinski definition) is 1. The maximum absolute atomic E-state index is 12.2. The molecule has 86 valence electrons. The maximum atomic E-state index is 12.2. The fourth-order valence-corrected chi connectivity index (χ4v) is 1.22. The zero-order chi connectivity index (χ0) is 11.9. The molecule has 1 rings (SSSR count). The fraction of sp³-hybridized carbons (Fsp3) is 0.400. The molecule has 0 saturated heterocycles. The number of rotatable bonds is 2. The zero-order valence-corrected chi connectivity index (χ0v) is 8.13. The van der Waals surface area contributed by atoms with Crippen LogP contribution in [0.4, 0.5) is 13.2 Å². The van der Waals surface area contributed by atoms with E-state index in [0.717, 1.165) is 10.9 Å². The van der Waals surface area contributed by atoms with E-state index in [1.807, 2.05) is 0 Å². The normalized spacial score (nSPS) is 12.9. The highest BCUT2D eigenvalue weighted by Crippen LogP contribution is 2.34. The van der Waals surface area contributed by atoms with Crippen LogP contribution in [0.3, 0.4) is 0 Å². The number of alkyl halides is 3. The summed E-state index contributed by atoms with van der Waals surface area (Å²) in [6, 6.07) is 0. The highest BCUT2D eigenvalue weighted by molar-refractivity contribution is 7.84. The molecule has 0 aliphatic heterocycles. The van der Waals surface area contributed by atoms with Crippen LogP contribution in [-0.2, 0) is 23.5 Å². The Hall–Kier alpha value is -1.29. The van der Waals surface area contributed by atoms with Gasteiger partial charge in [-0.3, -0.25) is 4.68 Å². The van der Waals surface area contributed by atoms with Crippen LogP contribution in [0.15, 0.2) is 6.20 Å². The van der Waals surface area contributed by atoms with Gasteiger partial charge in [0, 0.05) is 7.05 Å². The first-order valence-electron chi connectivity index (χ1n) is 3.42. The Morgan fingerprint density at radius 2 is 2.07 bits per heavy atom. The minimum absolute atomic E-state index is 0.757. The second-order valence-corrected chi connectivity index (χ2v) is 3.74. The van der Waals surface area contributed by atoms with Gasteiger partial charge in [0.05, 0.1) is 6.20 Å². The molecule has 6 nitrogen and oxygen atoms in total. The van der Waals surface area contributed by atoms with Crippen molar-refractivity contribution < 1.29 is 25.8 Å². The van der Waals surface area contributed by atoms with Crippen LogP contribution in [0.25, 0.3) is 0 Å². The van der Waals surface area contributed by atoms with Crippen molar-refractivity contribution >= 4 is 10.3 Å². The summed E-state index contributed by atoms with van der Waals surface area (Å²) in [5, 5.41) is 7.45. The van der Waals surface area contributed by atoms with E-state index in [1.54, 1.807) is 0 Å². The summed E-state index contributed by atoms with van der Waals surface area (Å²) in [5.41, 5.74) is -1.45. The zero-order valence-electron chi connectivity index (χ0n) is 7.32. The first kappa shape index (κ1) is 11.8. The molecule has 0 aliphatic rings. The number of nitrogens with two attached hydrogens (primary N) is 1. The lowest BCUT2D eigenvalue weighted by molar-refractivity contribution is -0.142. The van der Waals surface area contributed by atoms with Crippen molar-refractivity contribution in [2.24, 2.45) is 12.2 Å². The van der Waals surface area contributed by atoms with E-state index in [4.69, 9.17) is 0 Å². The van der Waals surface area contributed by atoms with Crippen molar-refractivity contribution in [2.75, 3.05) is 0 Å². The van der Waals surface area contributed by atoms with Crippen LogP contribution in [0.1, 0.15) is 5.69 Å². The molecular weight excluding hydrogens is 239 g/mol. The summed E-state index contributed by atoms with van der Waals surface area (Å²) in [4.78, 5) is 0. The monoisotopic (exact) mass is 245 g/mol. The Morgan fingerprint density at radius 3 is 2.47 bits per heavy atom. The lowest BCUT2D eigenvalue weighted by Gasteiger charge is -2.04. The molecule has 0 aliphatic carbocycles. The number of hydrogen-bond acceptors (Lipinski definition) is 4. The molecule has 1 aromatic heterocycles. The minimum atomic E-state index is -4.80. The van der Waals surface area contributed by atoms with Crippen molar-refractivity contribution in [1.82, 2.24) is 9.78 Å². The molecule has 15 heavy (non-hydrogen) atoms. The van der Waals surface area contributed by atoms with Crippen LogP contribution in [0, 0.1) is 0 Å². The summed E-state index contributed by atoms with van der Waals surface area (Å²) in [6.45, 7) is 0. The molecule has 0 unspecified atom stereocenters. The molecule has 0 spiro atoms. The summed E-state index contributed by atoms with van der Waals surface area (Å²) >= 11 is 0. The Bertz CT molecular complexity index is 464. The summed E-state index contributed by atoms with van der Waals surface area (Å²) < 4.78 is 62.3. The molecule has 0 aromatic carbocycles. The summed E-state index contributed by atoms with van der Waals surface area (Å²) in [5.74, 6) is -0.951. The van der Waals surface area contributed by atoms with Gasteiger partial charge in [0.25, 0.3) is 0 Å². The third-order valence-electron chi connectivity index (χ3n) is 1.27. The average Bonchev–Trinajstić information content (AvgIpc) is 2.25. The van der Waals surface area contributed by atoms with Gasteiger partial charge in [-0.15, -0.1) is 0 Å². The highest BCUT2D eigenvalue weighted by Gasteiger charge is 2.39. The molecule has 0 amide bonds. The standard InChI is InChI=1S/C5H6F3N3O3S/c1-11-2-3(14-15(9,12)13)4(10-11)5(6,7)8/h2H,1H3,(H2,9,12,13). The summed E-state index contributed by atoms with van der Waals surface area (Å²) in [6.07, 6.45) is -4.05. The van der Waals surface area contributed by atoms with E-state index in [9.17, 15) is 21.6 Å². The van der Waals surface area contributed by atoms with Gasteiger partial charge >= 0.3 is 16.5 Å². The van der Waals surface area contributed by atoms with Crippen LogP contribution < -0.4 is 9.32 Å². The van der Waals surface area contributed by atoms with Crippen LogP contribution in [-0.4, -0.2) is 18.2 Å². The molecular formula is C5H6F3N3O3S.